The second kappa shape index (κ2) is 5.04. The van der Waals surface area contributed by atoms with Gasteiger partial charge in [-0.2, -0.15) is 4.98 Å². The highest BCUT2D eigenvalue weighted by atomic mass is 16.5. The summed E-state index contributed by atoms with van der Waals surface area (Å²) in [6, 6.07) is 0.0866. The van der Waals surface area contributed by atoms with Gasteiger partial charge in [0, 0.05) is 13.1 Å². The van der Waals surface area contributed by atoms with Crippen molar-refractivity contribution in [2.45, 2.75) is 18.9 Å². The lowest BCUT2D eigenvalue weighted by atomic mass is 10.2. The van der Waals surface area contributed by atoms with Crippen LogP contribution in [0.25, 0.3) is 0 Å². The second-order valence-corrected chi connectivity index (χ2v) is 3.65. The van der Waals surface area contributed by atoms with Gasteiger partial charge in [-0.25, -0.2) is 0 Å². The standard InChI is InChI=1S/C9H15N5O2/c10-3-5-12-8(15)7-13-9(16-14-7)6-2-1-4-11-6/h6,11H,1-5,10H2,(H,12,15). The van der Waals surface area contributed by atoms with Gasteiger partial charge in [-0.15, -0.1) is 0 Å². The minimum Gasteiger partial charge on any atom is -0.348 e. The van der Waals surface area contributed by atoms with Gasteiger partial charge in [0.2, 0.25) is 5.89 Å². The maximum atomic E-state index is 11.5. The number of amides is 1. The van der Waals surface area contributed by atoms with Crippen LogP contribution in [0.4, 0.5) is 0 Å². The number of nitrogens with one attached hydrogen (secondary N) is 2. The van der Waals surface area contributed by atoms with Crippen molar-refractivity contribution < 1.29 is 9.32 Å². The molecule has 88 valence electrons. The zero-order valence-corrected chi connectivity index (χ0v) is 8.90. The van der Waals surface area contributed by atoms with Crippen LogP contribution in [0.3, 0.4) is 0 Å². The molecule has 0 aromatic carbocycles. The first-order chi connectivity index (χ1) is 7.81. The Morgan fingerprint density at radius 3 is 3.25 bits per heavy atom. The molecule has 16 heavy (non-hydrogen) atoms. The van der Waals surface area contributed by atoms with Gasteiger partial charge in [0.1, 0.15) is 0 Å². The van der Waals surface area contributed by atoms with Crippen molar-refractivity contribution in [3.63, 3.8) is 0 Å². The van der Waals surface area contributed by atoms with E-state index in [4.69, 9.17) is 10.3 Å². The maximum absolute atomic E-state index is 11.5. The number of hydrogen-bond acceptors (Lipinski definition) is 6. The largest absolute Gasteiger partial charge is 0.348 e. The molecule has 1 aromatic heterocycles. The summed E-state index contributed by atoms with van der Waals surface area (Å²) in [6.45, 7) is 1.74. The fourth-order valence-electron chi connectivity index (χ4n) is 1.63. The zero-order valence-electron chi connectivity index (χ0n) is 8.90. The first-order valence-electron chi connectivity index (χ1n) is 5.36. The van der Waals surface area contributed by atoms with E-state index >= 15 is 0 Å². The molecule has 1 aliphatic heterocycles. The molecule has 1 saturated heterocycles. The molecule has 1 unspecified atom stereocenters. The summed E-state index contributed by atoms with van der Waals surface area (Å²) < 4.78 is 5.03. The molecule has 1 fully saturated rings. The van der Waals surface area contributed by atoms with E-state index in [0.717, 1.165) is 19.4 Å². The Morgan fingerprint density at radius 1 is 1.69 bits per heavy atom. The third-order valence-corrected chi connectivity index (χ3v) is 2.43. The fourth-order valence-corrected chi connectivity index (χ4v) is 1.63. The number of aromatic nitrogens is 2. The third-order valence-electron chi connectivity index (χ3n) is 2.43. The number of carbonyl (C=O) groups is 1. The molecule has 0 saturated carbocycles. The van der Waals surface area contributed by atoms with Crippen molar-refractivity contribution in [3.8, 4) is 0 Å². The van der Waals surface area contributed by atoms with E-state index < -0.39 is 0 Å². The average Bonchev–Trinajstić information content (AvgIpc) is 2.94. The average molecular weight is 225 g/mol. The van der Waals surface area contributed by atoms with E-state index in [0.29, 0.717) is 19.0 Å². The predicted octanol–water partition coefficient (Wildman–Crippen LogP) is -0.817. The maximum Gasteiger partial charge on any atom is 0.292 e. The molecule has 1 atom stereocenters. The summed E-state index contributed by atoms with van der Waals surface area (Å²) in [5.74, 6) is 0.200. The van der Waals surface area contributed by atoms with Crippen LogP contribution in [0.2, 0.25) is 0 Å². The van der Waals surface area contributed by atoms with Crippen LogP contribution in [-0.2, 0) is 0 Å². The summed E-state index contributed by atoms with van der Waals surface area (Å²) in [5, 5.41) is 9.44. The van der Waals surface area contributed by atoms with E-state index in [1.54, 1.807) is 0 Å². The summed E-state index contributed by atoms with van der Waals surface area (Å²) in [7, 11) is 0. The Balaban J connectivity index is 1.98. The molecule has 1 aromatic rings. The van der Waals surface area contributed by atoms with Gasteiger partial charge in [-0.05, 0) is 19.4 Å². The number of hydrogen-bond donors (Lipinski definition) is 3. The number of rotatable bonds is 4. The van der Waals surface area contributed by atoms with Crippen LogP contribution in [0, 0.1) is 0 Å². The minimum absolute atomic E-state index is 0.0668. The van der Waals surface area contributed by atoms with Gasteiger partial charge in [-0.3, -0.25) is 4.79 Å². The summed E-state index contributed by atoms with van der Waals surface area (Å²) in [6.07, 6.45) is 2.05. The number of nitrogens with zero attached hydrogens (tertiary/aromatic N) is 2. The second-order valence-electron chi connectivity index (χ2n) is 3.65. The lowest BCUT2D eigenvalue weighted by Crippen LogP contribution is -2.29. The van der Waals surface area contributed by atoms with Crippen LogP contribution >= 0.6 is 0 Å². The van der Waals surface area contributed by atoms with Gasteiger partial charge in [0.15, 0.2) is 0 Å². The Kier molecular flexibility index (Phi) is 3.47. The van der Waals surface area contributed by atoms with E-state index in [1.165, 1.54) is 0 Å². The molecule has 2 heterocycles. The lowest BCUT2D eigenvalue weighted by Gasteiger charge is -2.01. The van der Waals surface area contributed by atoms with E-state index in [1.807, 2.05) is 0 Å². The number of carbonyl (C=O) groups excluding carboxylic acids is 1. The molecule has 0 radical (unpaired) electrons. The van der Waals surface area contributed by atoms with Crippen LogP contribution in [0.15, 0.2) is 4.52 Å². The van der Waals surface area contributed by atoms with E-state index in [2.05, 4.69) is 20.8 Å². The van der Waals surface area contributed by atoms with Crippen LogP contribution in [-0.4, -0.2) is 35.7 Å². The quantitative estimate of drug-likeness (QED) is 0.618. The normalized spacial score (nSPS) is 19.9. The Labute approximate surface area is 92.8 Å². The Morgan fingerprint density at radius 2 is 2.56 bits per heavy atom. The Bertz CT molecular complexity index is 359. The molecule has 2 rings (SSSR count). The van der Waals surface area contributed by atoms with E-state index in [-0.39, 0.29) is 17.8 Å². The SMILES string of the molecule is NCCNC(=O)c1noc(C2CCCN2)n1. The molecule has 1 aliphatic rings. The lowest BCUT2D eigenvalue weighted by molar-refractivity contribution is 0.0941. The fraction of sp³-hybridized carbons (Fsp3) is 0.667. The highest BCUT2D eigenvalue weighted by Crippen LogP contribution is 2.20. The summed E-state index contributed by atoms with van der Waals surface area (Å²) in [4.78, 5) is 15.5. The van der Waals surface area contributed by atoms with Gasteiger partial charge in [-0.1, -0.05) is 5.16 Å². The number of nitrogens with two attached hydrogens (primary N) is 1. The summed E-state index contributed by atoms with van der Waals surface area (Å²) in [5.41, 5.74) is 5.27. The molecule has 7 nitrogen and oxygen atoms in total. The molecular weight excluding hydrogens is 210 g/mol. The van der Waals surface area contributed by atoms with Crippen molar-refractivity contribution in [2.75, 3.05) is 19.6 Å². The van der Waals surface area contributed by atoms with Crippen molar-refractivity contribution in [1.29, 1.82) is 0 Å². The highest BCUT2D eigenvalue weighted by Gasteiger charge is 2.23. The molecular formula is C9H15N5O2. The molecule has 7 heteroatoms. The van der Waals surface area contributed by atoms with Gasteiger partial charge < -0.3 is 20.9 Å². The molecule has 4 N–H and O–H groups in total. The van der Waals surface area contributed by atoms with Crippen LogP contribution in [0.5, 0.6) is 0 Å². The molecule has 0 bridgehead atoms. The van der Waals surface area contributed by atoms with Crippen LogP contribution < -0.4 is 16.4 Å². The smallest absolute Gasteiger partial charge is 0.292 e. The summed E-state index contributed by atoms with van der Waals surface area (Å²) >= 11 is 0. The minimum atomic E-state index is -0.349. The zero-order chi connectivity index (χ0) is 11.4. The van der Waals surface area contributed by atoms with Crippen LogP contribution in [0.1, 0.15) is 35.4 Å². The third kappa shape index (κ3) is 2.37. The van der Waals surface area contributed by atoms with Crippen molar-refractivity contribution in [3.05, 3.63) is 11.7 Å². The highest BCUT2D eigenvalue weighted by molar-refractivity contribution is 5.90. The van der Waals surface area contributed by atoms with Gasteiger partial charge in [0.25, 0.3) is 11.7 Å². The van der Waals surface area contributed by atoms with Gasteiger partial charge in [0.05, 0.1) is 6.04 Å². The predicted molar refractivity (Wildman–Crippen MR) is 55.7 cm³/mol. The molecule has 0 spiro atoms. The van der Waals surface area contributed by atoms with E-state index in [9.17, 15) is 4.79 Å². The molecule has 1 amide bonds. The Hall–Kier alpha value is -1.47. The van der Waals surface area contributed by atoms with Gasteiger partial charge >= 0.3 is 0 Å². The van der Waals surface area contributed by atoms with Crippen molar-refractivity contribution in [1.82, 2.24) is 20.8 Å². The monoisotopic (exact) mass is 225 g/mol. The first-order valence-corrected chi connectivity index (χ1v) is 5.36. The molecule has 0 aliphatic carbocycles. The van der Waals surface area contributed by atoms with Crippen molar-refractivity contribution in [2.24, 2.45) is 5.73 Å². The first kappa shape index (κ1) is 11.0. The topological polar surface area (TPSA) is 106 Å². The van der Waals surface area contributed by atoms with Crippen molar-refractivity contribution >= 4 is 5.91 Å².